The van der Waals surface area contributed by atoms with Crippen LogP contribution in [0, 0.1) is 0 Å². The highest BCUT2D eigenvalue weighted by Crippen LogP contribution is 2.43. The molecule has 0 aliphatic carbocycles. The van der Waals surface area contributed by atoms with Gasteiger partial charge in [-0.1, -0.05) is 72.6 Å². The average Bonchev–Trinajstić information content (AvgIpc) is 2.89. The molecule has 5 nitrogen and oxygen atoms in total. The van der Waals surface area contributed by atoms with Crippen molar-refractivity contribution in [3.8, 4) is 0 Å². The Labute approximate surface area is 216 Å². The Balaban J connectivity index is 1.77. The van der Waals surface area contributed by atoms with Gasteiger partial charge in [0, 0.05) is 24.1 Å². The predicted molar refractivity (Wildman–Crippen MR) is 139 cm³/mol. The molecule has 0 radical (unpaired) electrons. The van der Waals surface area contributed by atoms with Crippen LogP contribution >= 0.6 is 23.2 Å². The van der Waals surface area contributed by atoms with Crippen molar-refractivity contribution in [1.82, 2.24) is 4.90 Å². The lowest BCUT2D eigenvalue weighted by molar-refractivity contribution is 0.0324. The maximum Gasteiger partial charge on any atom is 0.297 e. The molecule has 184 valence electrons. The molecule has 0 aromatic heterocycles. The Bertz CT molecular complexity index is 1290. The molecule has 35 heavy (non-hydrogen) atoms. The highest BCUT2D eigenvalue weighted by atomic mass is 35.5. The summed E-state index contributed by atoms with van der Waals surface area (Å²) >= 11 is 12.6. The van der Waals surface area contributed by atoms with Crippen molar-refractivity contribution in [3.05, 3.63) is 100 Å². The Morgan fingerprint density at radius 3 is 2.29 bits per heavy atom. The van der Waals surface area contributed by atoms with Crippen molar-refractivity contribution >= 4 is 39.2 Å². The molecule has 1 fully saturated rings. The molecular formula is C27H27Cl2NO4S. The molecule has 0 spiro atoms. The number of nitrogens with zero attached hydrogens (tertiary/aromatic N) is 1. The summed E-state index contributed by atoms with van der Waals surface area (Å²) in [5.41, 5.74) is 0.587. The summed E-state index contributed by atoms with van der Waals surface area (Å²) in [6, 6.07) is 22.5. The summed E-state index contributed by atoms with van der Waals surface area (Å²) in [6.45, 7) is 2.75. The van der Waals surface area contributed by atoms with E-state index >= 15 is 0 Å². The number of amides is 1. The number of hydrogen-bond donors (Lipinski definition) is 0. The van der Waals surface area contributed by atoms with Crippen molar-refractivity contribution in [3.63, 3.8) is 0 Å². The molecule has 2 unspecified atom stereocenters. The summed E-state index contributed by atoms with van der Waals surface area (Å²) < 4.78 is 32.4. The molecule has 2 atom stereocenters. The first-order valence-electron chi connectivity index (χ1n) is 11.5. The molecule has 0 saturated carbocycles. The van der Waals surface area contributed by atoms with E-state index in [0.717, 1.165) is 5.56 Å². The topological polar surface area (TPSA) is 63.7 Å². The van der Waals surface area contributed by atoms with Crippen LogP contribution < -0.4 is 0 Å². The average molecular weight is 532 g/mol. The summed E-state index contributed by atoms with van der Waals surface area (Å²) in [7, 11) is -4.04. The van der Waals surface area contributed by atoms with E-state index in [4.69, 9.17) is 27.4 Å². The van der Waals surface area contributed by atoms with Crippen molar-refractivity contribution in [2.75, 3.05) is 13.1 Å². The number of likely N-dealkylation sites (tertiary alicyclic amines) is 1. The summed E-state index contributed by atoms with van der Waals surface area (Å²) in [4.78, 5) is 15.3. The number of benzene rings is 3. The number of rotatable bonds is 7. The third-order valence-corrected chi connectivity index (χ3v) is 8.66. The Kier molecular flexibility index (Phi) is 7.86. The first-order chi connectivity index (χ1) is 16.8. The number of piperidine rings is 1. The van der Waals surface area contributed by atoms with Gasteiger partial charge in [0.2, 0.25) is 0 Å². The zero-order valence-electron chi connectivity index (χ0n) is 19.4. The second-order valence-corrected chi connectivity index (χ2v) is 11.1. The monoisotopic (exact) mass is 531 g/mol. The van der Waals surface area contributed by atoms with Gasteiger partial charge in [0.25, 0.3) is 16.0 Å². The standard InChI is InChI=1S/C27H27Cl2NO4S/c1-2-25(34-35(32,33)22-12-7-4-8-13-22)27(21-14-15-23(28)24(29)18-21)16-9-17-30(19-27)26(31)20-10-5-3-6-11-20/h3-8,10-15,18,25H,2,9,16-17,19H2,1H3. The first kappa shape index (κ1) is 25.7. The van der Waals surface area contributed by atoms with E-state index in [1.807, 2.05) is 31.2 Å². The van der Waals surface area contributed by atoms with Gasteiger partial charge in [0.15, 0.2) is 0 Å². The molecule has 8 heteroatoms. The van der Waals surface area contributed by atoms with Crippen LogP contribution in [0.3, 0.4) is 0 Å². The van der Waals surface area contributed by atoms with Crippen LogP contribution in [0.1, 0.15) is 42.1 Å². The molecule has 1 heterocycles. The predicted octanol–water partition coefficient (Wildman–Crippen LogP) is 6.35. The van der Waals surface area contributed by atoms with E-state index in [2.05, 4.69) is 0 Å². The number of halogens is 2. The summed E-state index contributed by atoms with van der Waals surface area (Å²) in [5, 5.41) is 0.778. The summed E-state index contributed by atoms with van der Waals surface area (Å²) in [6.07, 6.45) is 1.01. The quantitative estimate of drug-likeness (QED) is 0.333. The van der Waals surface area contributed by atoms with E-state index in [-0.39, 0.29) is 10.8 Å². The normalized spacial score (nSPS) is 19.3. The third-order valence-electron chi connectivity index (χ3n) is 6.59. The van der Waals surface area contributed by atoms with E-state index in [9.17, 15) is 13.2 Å². The fourth-order valence-corrected chi connectivity index (χ4v) is 6.38. The van der Waals surface area contributed by atoms with Crippen LogP contribution in [-0.2, 0) is 19.7 Å². The molecule has 3 aromatic rings. The maximum absolute atomic E-state index is 13.4. The van der Waals surface area contributed by atoms with Gasteiger partial charge in [-0.25, -0.2) is 0 Å². The third kappa shape index (κ3) is 5.41. The van der Waals surface area contributed by atoms with Crippen LogP contribution in [0.15, 0.2) is 83.8 Å². The van der Waals surface area contributed by atoms with E-state index in [0.29, 0.717) is 48.0 Å². The maximum atomic E-state index is 13.4. The Morgan fingerprint density at radius 1 is 1.00 bits per heavy atom. The Hall–Kier alpha value is -2.38. The second-order valence-electron chi connectivity index (χ2n) is 8.74. The van der Waals surface area contributed by atoms with Crippen molar-refractivity contribution < 1.29 is 17.4 Å². The number of carbonyl (C=O) groups excluding carboxylic acids is 1. The van der Waals surface area contributed by atoms with Crippen molar-refractivity contribution in [2.24, 2.45) is 0 Å². The largest absolute Gasteiger partial charge is 0.338 e. The fourth-order valence-electron chi connectivity index (χ4n) is 4.86. The molecule has 1 amide bonds. The van der Waals surface area contributed by atoms with Gasteiger partial charge in [-0.15, -0.1) is 0 Å². The molecule has 1 saturated heterocycles. The number of hydrogen-bond acceptors (Lipinski definition) is 4. The van der Waals surface area contributed by atoms with Gasteiger partial charge in [-0.2, -0.15) is 8.42 Å². The van der Waals surface area contributed by atoms with Gasteiger partial charge in [-0.3, -0.25) is 8.98 Å². The molecule has 0 bridgehead atoms. The minimum absolute atomic E-state index is 0.0933. The second kappa shape index (κ2) is 10.7. The van der Waals surface area contributed by atoms with Crippen LogP contribution in [0.5, 0.6) is 0 Å². The molecular weight excluding hydrogens is 505 g/mol. The van der Waals surface area contributed by atoms with Crippen molar-refractivity contribution in [1.29, 1.82) is 0 Å². The van der Waals surface area contributed by atoms with Gasteiger partial charge in [-0.05, 0) is 61.2 Å². The highest BCUT2D eigenvalue weighted by Gasteiger charge is 2.47. The lowest BCUT2D eigenvalue weighted by atomic mass is 9.69. The molecule has 3 aromatic carbocycles. The lowest BCUT2D eigenvalue weighted by Gasteiger charge is -2.47. The van der Waals surface area contributed by atoms with Crippen LogP contribution in [-0.4, -0.2) is 38.4 Å². The van der Waals surface area contributed by atoms with E-state index < -0.39 is 21.6 Å². The lowest BCUT2D eigenvalue weighted by Crippen LogP contribution is -2.55. The number of carbonyl (C=O) groups is 1. The van der Waals surface area contributed by atoms with Crippen molar-refractivity contribution in [2.45, 2.75) is 42.6 Å². The summed E-state index contributed by atoms with van der Waals surface area (Å²) in [5.74, 6) is -0.101. The van der Waals surface area contributed by atoms with Gasteiger partial charge >= 0.3 is 0 Å². The highest BCUT2D eigenvalue weighted by molar-refractivity contribution is 7.86. The SMILES string of the molecule is CCC(OS(=O)(=O)c1ccccc1)C1(c2ccc(Cl)c(Cl)c2)CCCN(C(=O)c2ccccc2)C1. The first-order valence-corrected chi connectivity index (χ1v) is 13.7. The van der Waals surface area contributed by atoms with Gasteiger partial charge in [0.05, 0.1) is 21.0 Å². The van der Waals surface area contributed by atoms with Gasteiger partial charge in [0.1, 0.15) is 0 Å². The van der Waals surface area contributed by atoms with Crippen LogP contribution in [0.2, 0.25) is 10.0 Å². The van der Waals surface area contributed by atoms with Gasteiger partial charge < -0.3 is 4.90 Å². The fraction of sp³-hybridized carbons (Fsp3) is 0.296. The molecule has 1 aliphatic rings. The molecule has 1 aliphatic heterocycles. The Morgan fingerprint density at radius 2 is 1.66 bits per heavy atom. The zero-order chi connectivity index (χ0) is 25.1. The molecule has 4 rings (SSSR count). The minimum Gasteiger partial charge on any atom is -0.338 e. The van der Waals surface area contributed by atoms with Crippen LogP contribution in [0.4, 0.5) is 0 Å². The minimum atomic E-state index is -4.04. The molecule has 0 N–H and O–H groups in total. The van der Waals surface area contributed by atoms with Crippen LogP contribution in [0.25, 0.3) is 0 Å². The van der Waals surface area contributed by atoms with E-state index in [1.165, 1.54) is 12.1 Å². The zero-order valence-corrected chi connectivity index (χ0v) is 21.7. The smallest absolute Gasteiger partial charge is 0.297 e. The van der Waals surface area contributed by atoms with E-state index in [1.54, 1.807) is 47.4 Å².